The van der Waals surface area contributed by atoms with Crippen LogP contribution < -0.4 is 0 Å². The zero-order chi connectivity index (χ0) is 14.7. The molecule has 0 aliphatic rings. The van der Waals surface area contributed by atoms with Gasteiger partial charge in [0.15, 0.2) is 0 Å². The van der Waals surface area contributed by atoms with E-state index in [9.17, 15) is 4.79 Å². The number of unbranched alkanes of at least 4 members (excludes halogenated alkanes) is 1. The second-order valence-electron chi connectivity index (χ2n) is 5.27. The summed E-state index contributed by atoms with van der Waals surface area (Å²) in [5.41, 5.74) is 3.60. The lowest BCUT2D eigenvalue weighted by molar-refractivity contribution is 0.0785. The van der Waals surface area contributed by atoms with E-state index in [1.807, 2.05) is 43.6 Å². The minimum absolute atomic E-state index is 0.0617. The van der Waals surface area contributed by atoms with Gasteiger partial charge in [0.2, 0.25) is 0 Å². The standard InChI is InChI=1S/C16H23N3O/c1-5-7-9-18(4)16(20)15-13(6-2)17-14-11-12(3)8-10-19(14)15/h8,10-11H,5-7,9H2,1-4H3. The summed E-state index contributed by atoms with van der Waals surface area (Å²) < 4.78 is 1.91. The smallest absolute Gasteiger partial charge is 0.272 e. The van der Waals surface area contributed by atoms with Crippen LogP contribution in [0, 0.1) is 6.92 Å². The van der Waals surface area contributed by atoms with Gasteiger partial charge in [0.1, 0.15) is 11.3 Å². The van der Waals surface area contributed by atoms with Crippen LogP contribution in [0.25, 0.3) is 5.65 Å². The lowest BCUT2D eigenvalue weighted by Crippen LogP contribution is -2.29. The molecule has 2 aromatic heterocycles. The van der Waals surface area contributed by atoms with Crippen molar-refractivity contribution in [3.63, 3.8) is 0 Å². The summed E-state index contributed by atoms with van der Waals surface area (Å²) in [6, 6.07) is 4.03. The zero-order valence-electron chi connectivity index (χ0n) is 12.8. The molecular weight excluding hydrogens is 250 g/mol. The number of pyridine rings is 1. The molecule has 2 heterocycles. The largest absolute Gasteiger partial charge is 0.340 e. The third kappa shape index (κ3) is 2.69. The van der Waals surface area contributed by atoms with Crippen LogP contribution in [0.3, 0.4) is 0 Å². The molecule has 0 unspecified atom stereocenters. The molecule has 0 spiro atoms. The maximum absolute atomic E-state index is 12.7. The zero-order valence-corrected chi connectivity index (χ0v) is 12.8. The summed E-state index contributed by atoms with van der Waals surface area (Å²) in [7, 11) is 1.87. The Morgan fingerprint density at radius 2 is 2.15 bits per heavy atom. The molecule has 4 nitrogen and oxygen atoms in total. The molecule has 0 saturated carbocycles. The van der Waals surface area contributed by atoms with Crippen molar-refractivity contribution in [3.05, 3.63) is 35.3 Å². The number of hydrogen-bond donors (Lipinski definition) is 0. The van der Waals surface area contributed by atoms with Crippen molar-refractivity contribution in [2.24, 2.45) is 0 Å². The van der Waals surface area contributed by atoms with Crippen molar-refractivity contribution >= 4 is 11.6 Å². The van der Waals surface area contributed by atoms with Crippen LogP contribution in [0.1, 0.15) is 48.4 Å². The lowest BCUT2D eigenvalue weighted by atomic mass is 10.2. The van der Waals surface area contributed by atoms with Crippen LogP contribution in [0.4, 0.5) is 0 Å². The highest BCUT2D eigenvalue weighted by Gasteiger charge is 2.21. The van der Waals surface area contributed by atoms with Crippen molar-refractivity contribution in [2.45, 2.75) is 40.0 Å². The first-order chi connectivity index (χ1) is 9.58. The van der Waals surface area contributed by atoms with Crippen molar-refractivity contribution in [2.75, 3.05) is 13.6 Å². The SMILES string of the molecule is CCCCN(C)C(=O)c1c(CC)nc2cc(C)ccn12. The Bertz CT molecular complexity index is 615. The van der Waals surface area contributed by atoms with Gasteiger partial charge < -0.3 is 4.90 Å². The number of rotatable bonds is 5. The molecule has 4 heteroatoms. The fraction of sp³-hybridized carbons (Fsp3) is 0.500. The summed E-state index contributed by atoms with van der Waals surface area (Å²) in [5.74, 6) is 0.0617. The van der Waals surface area contributed by atoms with E-state index in [1.165, 1.54) is 0 Å². The average Bonchev–Trinajstić information content (AvgIpc) is 2.81. The highest BCUT2D eigenvalue weighted by atomic mass is 16.2. The minimum Gasteiger partial charge on any atom is -0.340 e. The molecule has 0 saturated heterocycles. The van der Waals surface area contributed by atoms with Crippen LogP contribution in [-0.4, -0.2) is 33.8 Å². The molecule has 1 amide bonds. The molecule has 108 valence electrons. The molecule has 0 radical (unpaired) electrons. The molecule has 0 fully saturated rings. The minimum atomic E-state index is 0.0617. The predicted molar refractivity (Wildman–Crippen MR) is 81.2 cm³/mol. The van der Waals surface area contributed by atoms with Gasteiger partial charge in [-0.25, -0.2) is 4.98 Å². The van der Waals surface area contributed by atoms with Gasteiger partial charge >= 0.3 is 0 Å². The Balaban J connectivity index is 2.43. The second kappa shape index (κ2) is 6.07. The fourth-order valence-electron chi connectivity index (χ4n) is 2.35. The number of amides is 1. The second-order valence-corrected chi connectivity index (χ2v) is 5.27. The first-order valence-corrected chi connectivity index (χ1v) is 7.31. The van der Waals surface area contributed by atoms with Gasteiger partial charge in [0.25, 0.3) is 5.91 Å². The van der Waals surface area contributed by atoms with E-state index in [2.05, 4.69) is 11.9 Å². The van der Waals surface area contributed by atoms with Crippen molar-refractivity contribution in [3.8, 4) is 0 Å². The first kappa shape index (κ1) is 14.6. The Kier molecular flexibility index (Phi) is 4.42. The molecule has 0 aliphatic heterocycles. The third-order valence-electron chi connectivity index (χ3n) is 3.59. The molecule has 0 atom stereocenters. The molecule has 0 N–H and O–H groups in total. The number of carbonyl (C=O) groups is 1. The molecule has 2 rings (SSSR count). The van der Waals surface area contributed by atoms with E-state index in [0.717, 1.165) is 42.7 Å². The first-order valence-electron chi connectivity index (χ1n) is 7.31. The Hall–Kier alpha value is -1.84. The maximum Gasteiger partial charge on any atom is 0.272 e. The van der Waals surface area contributed by atoms with Gasteiger partial charge in [-0.05, 0) is 37.5 Å². The highest BCUT2D eigenvalue weighted by molar-refractivity contribution is 5.94. The fourth-order valence-corrected chi connectivity index (χ4v) is 2.35. The van der Waals surface area contributed by atoms with Crippen LogP contribution in [0.2, 0.25) is 0 Å². The van der Waals surface area contributed by atoms with Gasteiger partial charge in [-0.1, -0.05) is 20.3 Å². The van der Waals surface area contributed by atoms with E-state index in [0.29, 0.717) is 5.69 Å². The summed E-state index contributed by atoms with van der Waals surface area (Å²) >= 11 is 0. The Morgan fingerprint density at radius 1 is 1.40 bits per heavy atom. The summed E-state index contributed by atoms with van der Waals surface area (Å²) in [6.07, 6.45) is 4.82. The van der Waals surface area contributed by atoms with Crippen LogP contribution in [0.15, 0.2) is 18.3 Å². The molecule has 0 aliphatic carbocycles. The molecule has 0 bridgehead atoms. The van der Waals surface area contributed by atoms with Crippen molar-refractivity contribution in [1.29, 1.82) is 0 Å². The van der Waals surface area contributed by atoms with Crippen LogP contribution >= 0.6 is 0 Å². The Labute approximate surface area is 120 Å². The quantitative estimate of drug-likeness (QED) is 0.839. The van der Waals surface area contributed by atoms with E-state index in [-0.39, 0.29) is 5.91 Å². The average molecular weight is 273 g/mol. The number of fused-ring (bicyclic) bond motifs is 1. The number of aromatic nitrogens is 2. The number of aryl methyl sites for hydroxylation is 2. The molecular formula is C16H23N3O. The van der Waals surface area contributed by atoms with Gasteiger partial charge in [-0.2, -0.15) is 0 Å². The molecule has 20 heavy (non-hydrogen) atoms. The Morgan fingerprint density at radius 3 is 2.80 bits per heavy atom. The number of hydrogen-bond acceptors (Lipinski definition) is 2. The van der Waals surface area contributed by atoms with E-state index >= 15 is 0 Å². The number of nitrogens with zero attached hydrogens (tertiary/aromatic N) is 3. The third-order valence-corrected chi connectivity index (χ3v) is 3.59. The van der Waals surface area contributed by atoms with Gasteiger partial charge in [-0.15, -0.1) is 0 Å². The van der Waals surface area contributed by atoms with E-state index in [1.54, 1.807) is 4.90 Å². The monoisotopic (exact) mass is 273 g/mol. The lowest BCUT2D eigenvalue weighted by Gasteiger charge is -2.17. The van der Waals surface area contributed by atoms with E-state index < -0.39 is 0 Å². The van der Waals surface area contributed by atoms with Crippen LogP contribution in [-0.2, 0) is 6.42 Å². The topological polar surface area (TPSA) is 37.6 Å². The van der Waals surface area contributed by atoms with Gasteiger partial charge in [0.05, 0.1) is 5.69 Å². The predicted octanol–water partition coefficient (Wildman–Crippen LogP) is 3.08. The van der Waals surface area contributed by atoms with Crippen LogP contribution in [0.5, 0.6) is 0 Å². The number of imidazole rings is 1. The summed E-state index contributed by atoms with van der Waals surface area (Å²) in [5, 5.41) is 0. The highest BCUT2D eigenvalue weighted by Crippen LogP contribution is 2.16. The molecule has 0 aromatic carbocycles. The van der Waals surface area contributed by atoms with Crippen molar-refractivity contribution in [1.82, 2.24) is 14.3 Å². The summed E-state index contributed by atoms with van der Waals surface area (Å²) in [4.78, 5) is 19.0. The van der Waals surface area contributed by atoms with E-state index in [4.69, 9.17) is 0 Å². The van der Waals surface area contributed by atoms with Crippen molar-refractivity contribution < 1.29 is 4.79 Å². The van der Waals surface area contributed by atoms with Gasteiger partial charge in [0, 0.05) is 19.8 Å². The normalized spacial score (nSPS) is 11.0. The number of carbonyl (C=O) groups excluding carboxylic acids is 1. The summed E-state index contributed by atoms with van der Waals surface area (Å²) in [6.45, 7) is 7.00. The maximum atomic E-state index is 12.7. The van der Waals surface area contributed by atoms with Gasteiger partial charge in [-0.3, -0.25) is 9.20 Å². The molecule has 2 aromatic rings.